The van der Waals surface area contributed by atoms with Crippen LogP contribution in [0.25, 0.3) is 0 Å². The summed E-state index contributed by atoms with van der Waals surface area (Å²) in [6, 6.07) is 2.18. The van der Waals surface area contributed by atoms with E-state index in [9.17, 15) is 18.3 Å². The van der Waals surface area contributed by atoms with E-state index in [-0.39, 0.29) is 9.92 Å². The Bertz CT molecular complexity index is 601. The number of hydrogen-bond donors (Lipinski definition) is 3. The van der Waals surface area contributed by atoms with Crippen molar-refractivity contribution in [2.24, 2.45) is 0 Å². The highest BCUT2D eigenvalue weighted by Crippen LogP contribution is 2.26. The van der Waals surface area contributed by atoms with Crippen LogP contribution < -0.4 is 9.46 Å². The lowest BCUT2D eigenvalue weighted by atomic mass is 10.2. The maximum atomic E-state index is 12.1. The topological polar surface area (TPSA) is 113 Å². The first-order valence-corrected chi connectivity index (χ1v) is 7.32. The van der Waals surface area contributed by atoms with Crippen molar-refractivity contribution in [1.29, 1.82) is 0 Å². The Balaban J connectivity index is 3.14. The summed E-state index contributed by atoms with van der Waals surface area (Å²) in [5.74, 6) is -1.13. The molecule has 0 heterocycles. The Kier molecular flexibility index (Phi) is 5.35. The van der Waals surface area contributed by atoms with Crippen LogP contribution in [0.5, 0.6) is 5.75 Å². The van der Waals surface area contributed by atoms with Crippen LogP contribution in [-0.4, -0.2) is 43.9 Å². The molecule has 1 rings (SSSR count). The molecule has 20 heavy (non-hydrogen) atoms. The highest BCUT2D eigenvalue weighted by Gasteiger charge is 2.30. The van der Waals surface area contributed by atoms with Crippen molar-refractivity contribution in [3.8, 4) is 5.75 Å². The van der Waals surface area contributed by atoms with Crippen LogP contribution in [-0.2, 0) is 14.8 Å². The molecule has 1 aromatic rings. The van der Waals surface area contributed by atoms with Crippen LogP contribution in [0.15, 0.2) is 23.1 Å². The molecule has 0 aliphatic carbocycles. The smallest absolute Gasteiger partial charge is 0.324 e. The summed E-state index contributed by atoms with van der Waals surface area (Å²) >= 11 is 5.83. The molecule has 0 radical (unpaired) electrons. The van der Waals surface area contributed by atoms with E-state index in [0.717, 1.165) is 6.92 Å². The van der Waals surface area contributed by atoms with Crippen LogP contribution in [0.3, 0.4) is 0 Å². The van der Waals surface area contributed by atoms with Crippen LogP contribution in [0.2, 0.25) is 5.02 Å². The average molecular weight is 324 g/mol. The fraction of sp³-hybridized carbons (Fsp3) is 0.364. The van der Waals surface area contributed by atoms with Gasteiger partial charge in [-0.3, -0.25) is 4.79 Å². The zero-order valence-electron chi connectivity index (χ0n) is 10.7. The minimum Gasteiger partial charge on any atom is -0.497 e. The van der Waals surface area contributed by atoms with E-state index in [1.54, 1.807) is 0 Å². The van der Waals surface area contributed by atoms with Crippen LogP contribution in [0.4, 0.5) is 0 Å². The third-order valence-electron chi connectivity index (χ3n) is 2.46. The molecule has 0 saturated carbocycles. The molecule has 1 aromatic carbocycles. The quantitative estimate of drug-likeness (QED) is 0.701. The lowest BCUT2D eigenvalue weighted by Crippen LogP contribution is -2.47. The second-order valence-electron chi connectivity index (χ2n) is 3.97. The number of rotatable bonds is 6. The molecule has 0 spiro atoms. The Morgan fingerprint density at radius 1 is 1.45 bits per heavy atom. The Morgan fingerprint density at radius 2 is 2.05 bits per heavy atom. The molecular formula is C11H14ClNO6S. The van der Waals surface area contributed by atoms with Gasteiger partial charge in [0.15, 0.2) is 0 Å². The van der Waals surface area contributed by atoms with Gasteiger partial charge < -0.3 is 14.9 Å². The SMILES string of the molecule is COc1ccc(S(=O)(=O)N[C@@H](C(=O)O)[C@H](C)O)c(Cl)c1. The monoisotopic (exact) mass is 323 g/mol. The molecule has 9 heteroatoms. The molecule has 0 amide bonds. The molecule has 0 aliphatic heterocycles. The van der Waals surface area contributed by atoms with Gasteiger partial charge in [-0.15, -0.1) is 0 Å². The van der Waals surface area contributed by atoms with Gasteiger partial charge in [-0.1, -0.05) is 11.6 Å². The summed E-state index contributed by atoms with van der Waals surface area (Å²) in [5.41, 5.74) is 0. The number of aliphatic hydroxyl groups is 1. The van der Waals surface area contributed by atoms with Crippen LogP contribution in [0.1, 0.15) is 6.92 Å². The van der Waals surface area contributed by atoms with Crippen molar-refractivity contribution in [3.05, 3.63) is 23.2 Å². The number of nitrogens with one attached hydrogen (secondary N) is 1. The second-order valence-corrected chi connectivity index (χ2v) is 6.06. The molecule has 0 aliphatic rings. The maximum absolute atomic E-state index is 12.1. The molecule has 0 fully saturated rings. The number of benzene rings is 1. The lowest BCUT2D eigenvalue weighted by molar-refractivity contribution is -0.141. The summed E-state index contributed by atoms with van der Waals surface area (Å²) in [4.78, 5) is 10.6. The lowest BCUT2D eigenvalue weighted by Gasteiger charge is -2.17. The number of aliphatic hydroxyl groups excluding tert-OH is 1. The predicted octanol–water partition coefficient (Wildman–Crippen LogP) is 0.461. The Morgan fingerprint density at radius 3 is 2.45 bits per heavy atom. The number of sulfonamides is 1. The molecule has 0 saturated heterocycles. The number of aliphatic carboxylic acids is 1. The van der Waals surface area contributed by atoms with Gasteiger partial charge in [0.05, 0.1) is 18.2 Å². The summed E-state index contributed by atoms with van der Waals surface area (Å²) in [6.45, 7) is 1.16. The summed E-state index contributed by atoms with van der Waals surface area (Å²) in [6.07, 6.45) is -1.40. The Labute approximate surface area is 121 Å². The third kappa shape index (κ3) is 3.83. The van der Waals surface area contributed by atoms with Gasteiger partial charge in [0.25, 0.3) is 0 Å². The summed E-state index contributed by atoms with van der Waals surface area (Å²) < 4.78 is 30.9. The first kappa shape index (κ1) is 16.7. The van der Waals surface area contributed by atoms with Crippen molar-refractivity contribution < 1.29 is 28.2 Å². The van der Waals surface area contributed by atoms with Gasteiger partial charge in [0.2, 0.25) is 10.0 Å². The number of hydrogen-bond acceptors (Lipinski definition) is 5. The molecule has 0 bridgehead atoms. The molecule has 2 atom stereocenters. The normalized spacial score (nSPS) is 14.6. The van der Waals surface area contributed by atoms with E-state index >= 15 is 0 Å². The Hall–Kier alpha value is -1.35. The van der Waals surface area contributed by atoms with Gasteiger partial charge in [-0.2, -0.15) is 4.72 Å². The minimum absolute atomic E-state index is 0.119. The fourth-order valence-electron chi connectivity index (χ4n) is 1.41. The number of ether oxygens (including phenoxy) is 1. The van der Waals surface area contributed by atoms with E-state index in [1.807, 2.05) is 4.72 Å². The first-order valence-electron chi connectivity index (χ1n) is 5.45. The summed E-state index contributed by atoms with van der Waals surface area (Å²) in [7, 11) is -2.79. The van der Waals surface area contributed by atoms with Gasteiger partial charge in [-0.05, 0) is 19.1 Å². The zero-order chi connectivity index (χ0) is 15.5. The number of carbonyl (C=O) groups is 1. The van der Waals surface area contributed by atoms with E-state index in [1.165, 1.54) is 25.3 Å². The molecule has 112 valence electrons. The third-order valence-corrected chi connectivity index (χ3v) is 4.38. The summed E-state index contributed by atoms with van der Waals surface area (Å²) in [5, 5.41) is 18.0. The van der Waals surface area contributed by atoms with Crippen molar-refractivity contribution in [1.82, 2.24) is 4.72 Å². The van der Waals surface area contributed by atoms with Crippen molar-refractivity contribution in [2.75, 3.05) is 7.11 Å². The number of methoxy groups -OCH3 is 1. The van der Waals surface area contributed by atoms with Gasteiger partial charge >= 0.3 is 5.97 Å². The van der Waals surface area contributed by atoms with E-state index in [2.05, 4.69) is 0 Å². The molecule has 0 aromatic heterocycles. The zero-order valence-corrected chi connectivity index (χ0v) is 12.3. The highest BCUT2D eigenvalue weighted by atomic mass is 35.5. The number of carboxylic acid groups (broad SMARTS) is 1. The first-order chi connectivity index (χ1) is 9.19. The van der Waals surface area contributed by atoms with Crippen molar-refractivity contribution >= 4 is 27.6 Å². The second kappa shape index (κ2) is 6.40. The predicted molar refractivity (Wildman–Crippen MR) is 71.4 cm³/mol. The standard InChI is InChI=1S/C11H14ClNO6S/c1-6(14)10(11(15)16)13-20(17,18)9-4-3-7(19-2)5-8(9)12/h3-6,10,13-14H,1-2H3,(H,15,16)/t6-,10+/m0/s1. The van der Waals surface area contributed by atoms with Gasteiger partial charge in [0.1, 0.15) is 16.7 Å². The van der Waals surface area contributed by atoms with E-state index in [0.29, 0.717) is 5.75 Å². The van der Waals surface area contributed by atoms with E-state index < -0.39 is 28.1 Å². The maximum Gasteiger partial charge on any atom is 0.324 e. The fourth-order valence-corrected chi connectivity index (χ4v) is 3.21. The highest BCUT2D eigenvalue weighted by molar-refractivity contribution is 7.89. The minimum atomic E-state index is -4.18. The molecule has 0 unspecified atom stereocenters. The van der Waals surface area contributed by atoms with Gasteiger partial charge in [0, 0.05) is 6.07 Å². The number of carboxylic acids is 1. The van der Waals surface area contributed by atoms with Crippen molar-refractivity contribution in [2.45, 2.75) is 24.0 Å². The molecule has 7 nitrogen and oxygen atoms in total. The van der Waals surface area contributed by atoms with Crippen LogP contribution in [0, 0.1) is 0 Å². The molecule has 3 N–H and O–H groups in total. The average Bonchev–Trinajstić information content (AvgIpc) is 2.34. The molecular weight excluding hydrogens is 310 g/mol. The largest absolute Gasteiger partial charge is 0.497 e. The van der Waals surface area contributed by atoms with Crippen molar-refractivity contribution in [3.63, 3.8) is 0 Å². The number of halogens is 1. The van der Waals surface area contributed by atoms with E-state index in [4.69, 9.17) is 21.4 Å². The van der Waals surface area contributed by atoms with Crippen LogP contribution >= 0.6 is 11.6 Å². The van der Waals surface area contributed by atoms with Gasteiger partial charge in [-0.25, -0.2) is 8.42 Å².